The molecule has 2 aliphatic rings. The fourth-order valence-electron chi connectivity index (χ4n) is 3.47. The monoisotopic (exact) mass is 316 g/mol. The van der Waals surface area contributed by atoms with Gasteiger partial charge in [0, 0.05) is 24.6 Å². The first-order chi connectivity index (χ1) is 11.2. The van der Waals surface area contributed by atoms with Gasteiger partial charge in [-0.05, 0) is 43.9 Å². The predicted octanol–water partition coefficient (Wildman–Crippen LogP) is 3.34. The first kappa shape index (κ1) is 15.8. The lowest BCUT2D eigenvalue weighted by Crippen LogP contribution is -2.35. The smallest absolute Gasteiger partial charge is 0.227 e. The number of hydrogen-bond donors (Lipinski definition) is 1. The van der Waals surface area contributed by atoms with Crippen molar-refractivity contribution in [3.63, 3.8) is 0 Å². The van der Waals surface area contributed by atoms with Gasteiger partial charge in [0.25, 0.3) is 0 Å². The Morgan fingerprint density at radius 3 is 2.70 bits per heavy atom. The topological polar surface area (TPSA) is 58.6 Å². The zero-order chi connectivity index (χ0) is 16.2. The SMILES string of the molecule is COc1ccc(NC(=O)C2CCCC2)cc1N1CCCCC1=O. The van der Waals surface area contributed by atoms with Gasteiger partial charge in [-0.1, -0.05) is 12.8 Å². The van der Waals surface area contributed by atoms with E-state index in [1.807, 2.05) is 18.2 Å². The third-order valence-electron chi connectivity index (χ3n) is 4.79. The van der Waals surface area contributed by atoms with Crippen molar-refractivity contribution in [1.29, 1.82) is 0 Å². The highest BCUT2D eigenvalue weighted by molar-refractivity contribution is 5.98. The van der Waals surface area contributed by atoms with Crippen LogP contribution in [-0.2, 0) is 9.59 Å². The second-order valence-electron chi connectivity index (χ2n) is 6.36. The minimum absolute atomic E-state index is 0.0867. The van der Waals surface area contributed by atoms with E-state index in [1.54, 1.807) is 12.0 Å². The van der Waals surface area contributed by atoms with Crippen molar-refractivity contribution < 1.29 is 14.3 Å². The summed E-state index contributed by atoms with van der Waals surface area (Å²) in [6.45, 7) is 0.704. The number of nitrogens with one attached hydrogen (secondary N) is 1. The molecule has 1 heterocycles. The number of anilines is 2. The second kappa shape index (κ2) is 7.02. The number of hydrogen-bond acceptors (Lipinski definition) is 3. The lowest BCUT2D eigenvalue weighted by Gasteiger charge is -2.28. The fraction of sp³-hybridized carbons (Fsp3) is 0.556. The number of carbonyl (C=O) groups excluding carboxylic acids is 2. The molecule has 1 aliphatic carbocycles. The first-order valence-electron chi connectivity index (χ1n) is 8.48. The van der Waals surface area contributed by atoms with E-state index in [4.69, 9.17) is 4.74 Å². The van der Waals surface area contributed by atoms with E-state index in [0.29, 0.717) is 18.7 Å². The van der Waals surface area contributed by atoms with Crippen molar-refractivity contribution in [2.24, 2.45) is 5.92 Å². The largest absolute Gasteiger partial charge is 0.495 e. The molecule has 1 saturated carbocycles. The molecular formula is C18H24N2O3. The Bertz CT molecular complexity index is 594. The molecule has 0 aromatic heterocycles. The van der Waals surface area contributed by atoms with Crippen LogP contribution in [0.1, 0.15) is 44.9 Å². The average Bonchev–Trinajstić information content (AvgIpc) is 3.10. The molecule has 5 nitrogen and oxygen atoms in total. The fourth-order valence-corrected chi connectivity index (χ4v) is 3.47. The molecule has 2 amide bonds. The minimum atomic E-state index is 0.0867. The first-order valence-corrected chi connectivity index (χ1v) is 8.48. The lowest BCUT2D eigenvalue weighted by atomic mass is 10.1. The van der Waals surface area contributed by atoms with Gasteiger partial charge in [-0.15, -0.1) is 0 Å². The van der Waals surface area contributed by atoms with Crippen molar-refractivity contribution in [3.8, 4) is 5.75 Å². The molecule has 1 aliphatic heterocycles. The summed E-state index contributed by atoms with van der Waals surface area (Å²) in [5.41, 5.74) is 1.48. The standard InChI is InChI=1S/C18H24N2O3/c1-23-16-10-9-14(19-18(22)13-6-2-3-7-13)12-15(16)20-11-5-4-8-17(20)21/h9-10,12-13H,2-8,11H2,1H3,(H,19,22). The Balaban J connectivity index is 1.80. The van der Waals surface area contributed by atoms with Gasteiger partial charge >= 0.3 is 0 Å². The van der Waals surface area contributed by atoms with Crippen LogP contribution in [0, 0.1) is 5.92 Å². The molecule has 0 spiro atoms. The third-order valence-corrected chi connectivity index (χ3v) is 4.79. The van der Waals surface area contributed by atoms with Gasteiger partial charge in [-0.3, -0.25) is 9.59 Å². The average molecular weight is 316 g/mol. The summed E-state index contributed by atoms with van der Waals surface area (Å²) in [7, 11) is 1.60. The maximum Gasteiger partial charge on any atom is 0.227 e. The van der Waals surface area contributed by atoms with Crippen LogP contribution >= 0.6 is 0 Å². The van der Waals surface area contributed by atoms with Gasteiger partial charge in [0.1, 0.15) is 5.75 Å². The zero-order valence-corrected chi connectivity index (χ0v) is 13.6. The molecule has 0 bridgehead atoms. The van der Waals surface area contributed by atoms with Gasteiger partial charge in [-0.25, -0.2) is 0 Å². The normalized spacial score (nSPS) is 19.0. The molecule has 0 unspecified atom stereocenters. The molecule has 23 heavy (non-hydrogen) atoms. The summed E-state index contributed by atoms with van der Waals surface area (Å²) in [5, 5.41) is 3.00. The number of piperidine rings is 1. The molecule has 1 N–H and O–H groups in total. The summed E-state index contributed by atoms with van der Waals surface area (Å²) in [4.78, 5) is 26.3. The zero-order valence-electron chi connectivity index (χ0n) is 13.6. The van der Waals surface area contributed by atoms with Crippen LogP contribution in [0.25, 0.3) is 0 Å². The molecule has 3 rings (SSSR count). The van der Waals surface area contributed by atoms with Crippen molar-refractivity contribution in [2.75, 3.05) is 23.9 Å². The van der Waals surface area contributed by atoms with Crippen molar-refractivity contribution in [3.05, 3.63) is 18.2 Å². The van der Waals surface area contributed by atoms with Crippen LogP contribution in [0.15, 0.2) is 18.2 Å². The molecule has 124 valence electrons. The Kier molecular flexibility index (Phi) is 4.84. The van der Waals surface area contributed by atoms with E-state index in [2.05, 4.69) is 5.32 Å². The number of benzene rings is 1. The summed E-state index contributed by atoms with van der Waals surface area (Å²) in [5.74, 6) is 0.994. The Hall–Kier alpha value is -2.04. The van der Waals surface area contributed by atoms with Crippen LogP contribution < -0.4 is 15.0 Å². The van der Waals surface area contributed by atoms with E-state index in [9.17, 15) is 9.59 Å². The molecule has 0 radical (unpaired) electrons. The van der Waals surface area contributed by atoms with E-state index < -0.39 is 0 Å². The van der Waals surface area contributed by atoms with E-state index in [1.165, 1.54) is 0 Å². The second-order valence-corrected chi connectivity index (χ2v) is 6.36. The Morgan fingerprint density at radius 2 is 2.00 bits per heavy atom. The van der Waals surface area contributed by atoms with Crippen LogP contribution in [-0.4, -0.2) is 25.5 Å². The molecule has 5 heteroatoms. The van der Waals surface area contributed by atoms with Crippen LogP contribution in [0.5, 0.6) is 5.75 Å². The number of amides is 2. The highest BCUT2D eigenvalue weighted by atomic mass is 16.5. The highest BCUT2D eigenvalue weighted by Crippen LogP contribution is 2.34. The van der Waals surface area contributed by atoms with Gasteiger partial charge in [0.05, 0.1) is 12.8 Å². The van der Waals surface area contributed by atoms with E-state index in [-0.39, 0.29) is 17.7 Å². The molecule has 1 saturated heterocycles. The van der Waals surface area contributed by atoms with Crippen LogP contribution in [0.3, 0.4) is 0 Å². The van der Waals surface area contributed by atoms with E-state index in [0.717, 1.165) is 49.9 Å². The van der Waals surface area contributed by atoms with Crippen molar-refractivity contribution in [2.45, 2.75) is 44.9 Å². The summed E-state index contributed by atoms with van der Waals surface area (Å²) in [6.07, 6.45) is 6.71. The minimum Gasteiger partial charge on any atom is -0.495 e. The molecule has 2 fully saturated rings. The van der Waals surface area contributed by atoms with Crippen LogP contribution in [0.2, 0.25) is 0 Å². The van der Waals surface area contributed by atoms with Crippen molar-refractivity contribution >= 4 is 23.2 Å². The van der Waals surface area contributed by atoms with Gasteiger partial charge in [0.15, 0.2) is 0 Å². The maximum atomic E-state index is 12.3. The quantitative estimate of drug-likeness (QED) is 0.927. The summed E-state index contributed by atoms with van der Waals surface area (Å²) in [6, 6.07) is 5.51. The molecular weight excluding hydrogens is 292 g/mol. The van der Waals surface area contributed by atoms with Gasteiger partial charge < -0.3 is 15.0 Å². The Morgan fingerprint density at radius 1 is 1.22 bits per heavy atom. The maximum absolute atomic E-state index is 12.3. The number of nitrogens with zero attached hydrogens (tertiary/aromatic N) is 1. The number of methoxy groups -OCH3 is 1. The Labute approximate surface area is 137 Å². The predicted molar refractivity (Wildman–Crippen MR) is 89.8 cm³/mol. The molecule has 1 aromatic carbocycles. The lowest BCUT2D eigenvalue weighted by molar-refractivity contribution is -0.120. The number of rotatable bonds is 4. The third kappa shape index (κ3) is 3.49. The highest BCUT2D eigenvalue weighted by Gasteiger charge is 2.25. The van der Waals surface area contributed by atoms with Crippen LogP contribution in [0.4, 0.5) is 11.4 Å². The molecule has 1 aromatic rings. The van der Waals surface area contributed by atoms with Gasteiger partial charge in [-0.2, -0.15) is 0 Å². The molecule has 0 atom stereocenters. The van der Waals surface area contributed by atoms with Gasteiger partial charge in [0.2, 0.25) is 11.8 Å². The van der Waals surface area contributed by atoms with Crippen molar-refractivity contribution in [1.82, 2.24) is 0 Å². The number of ether oxygens (including phenoxy) is 1. The summed E-state index contributed by atoms with van der Waals surface area (Å²) < 4.78 is 5.40. The van der Waals surface area contributed by atoms with E-state index >= 15 is 0 Å². The summed E-state index contributed by atoms with van der Waals surface area (Å²) >= 11 is 0. The number of carbonyl (C=O) groups is 2.